The van der Waals surface area contributed by atoms with Crippen LogP contribution in [0, 0.1) is 12.8 Å². The van der Waals surface area contributed by atoms with E-state index in [9.17, 15) is 4.79 Å². The monoisotopic (exact) mass is 313 g/mol. The molecule has 1 fully saturated rings. The van der Waals surface area contributed by atoms with Crippen molar-refractivity contribution in [2.45, 2.75) is 32.4 Å². The molecule has 6 heteroatoms. The molecule has 0 radical (unpaired) electrons. The van der Waals surface area contributed by atoms with Crippen LogP contribution in [0.1, 0.15) is 30.0 Å². The molecule has 0 aliphatic carbocycles. The van der Waals surface area contributed by atoms with Crippen molar-refractivity contribution in [2.75, 3.05) is 13.1 Å². The first-order valence-electron chi connectivity index (χ1n) is 8.07. The van der Waals surface area contributed by atoms with E-state index >= 15 is 0 Å². The molecule has 6 nitrogen and oxygen atoms in total. The Morgan fingerprint density at radius 1 is 1.39 bits per heavy atom. The van der Waals surface area contributed by atoms with E-state index in [1.54, 1.807) is 12.7 Å². The van der Waals surface area contributed by atoms with Crippen LogP contribution in [0.5, 0.6) is 0 Å². The molecule has 2 unspecified atom stereocenters. The van der Waals surface area contributed by atoms with Gasteiger partial charge in [-0.1, -0.05) is 29.8 Å². The van der Waals surface area contributed by atoms with Crippen LogP contribution in [0.4, 0.5) is 0 Å². The van der Waals surface area contributed by atoms with Gasteiger partial charge in [0.1, 0.15) is 18.7 Å². The average molecular weight is 313 g/mol. The molecule has 2 aromatic rings. The topological polar surface area (TPSA) is 77.0 Å². The summed E-state index contributed by atoms with van der Waals surface area (Å²) in [6.07, 6.45) is 5.37. The third-order valence-electron chi connectivity index (χ3n) is 4.45. The molecule has 2 atom stereocenters. The Labute approximate surface area is 136 Å². The molecule has 1 amide bonds. The second kappa shape index (κ2) is 6.91. The van der Waals surface area contributed by atoms with Gasteiger partial charge in [-0.15, -0.1) is 0 Å². The Bertz CT molecular complexity index is 638. The fourth-order valence-corrected chi connectivity index (χ4v) is 3.12. The standard InChI is InChI=1S/C17H23N5O/c1-13-4-6-15(7-5-13)16(18)17(23)21-8-2-3-14(9-21)10-22-12-19-11-20-22/h4-7,11-12,14,16H,2-3,8-10,18H2,1H3. The van der Waals surface area contributed by atoms with Gasteiger partial charge in [-0.25, -0.2) is 4.98 Å². The Morgan fingerprint density at radius 2 is 2.17 bits per heavy atom. The van der Waals surface area contributed by atoms with E-state index in [0.717, 1.165) is 38.0 Å². The highest BCUT2D eigenvalue weighted by atomic mass is 16.2. The molecule has 1 saturated heterocycles. The maximum atomic E-state index is 12.7. The molecule has 0 bridgehead atoms. The predicted octanol–water partition coefficient (Wildman–Crippen LogP) is 1.53. The zero-order valence-electron chi connectivity index (χ0n) is 13.4. The Morgan fingerprint density at radius 3 is 2.87 bits per heavy atom. The number of rotatable bonds is 4. The molecule has 3 rings (SSSR count). The molecular formula is C17H23N5O. The first kappa shape index (κ1) is 15.7. The predicted molar refractivity (Wildman–Crippen MR) is 87.4 cm³/mol. The van der Waals surface area contributed by atoms with Crippen molar-refractivity contribution in [3.8, 4) is 0 Å². The van der Waals surface area contributed by atoms with Crippen LogP contribution in [0.15, 0.2) is 36.9 Å². The molecule has 0 spiro atoms. The number of carbonyl (C=O) groups is 1. The van der Waals surface area contributed by atoms with Crippen molar-refractivity contribution in [1.29, 1.82) is 0 Å². The summed E-state index contributed by atoms with van der Waals surface area (Å²) in [5.41, 5.74) is 8.22. The molecular weight excluding hydrogens is 290 g/mol. The smallest absolute Gasteiger partial charge is 0.244 e. The zero-order chi connectivity index (χ0) is 16.2. The lowest BCUT2D eigenvalue weighted by atomic mass is 9.96. The summed E-state index contributed by atoms with van der Waals surface area (Å²) in [6, 6.07) is 7.28. The van der Waals surface area contributed by atoms with Crippen LogP contribution in [-0.4, -0.2) is 38.7 Å². The number of nitrogens with zero attached hydrogens (tertiary/aromatic N) is 4. The van der Waals surface area contributed by atoms with Gasteiger partial charge in [-0.3, -0.25) is 9.48 Å². The van der Waals surface area contributed by atoms with Gasteiger partial charge in [0.25, 0.3) is 0 Å². The highest BCUT2D eigenvalue weighted by molar-refractivity contribution is 5.83. The fraction of sp³-hybridized carbons (Fsp3) is 0.471. The minimum atomic E-state index is -0.583. The first-order chi connectivity index (χ1) is 11.1. The largest absolute Gasteiger partial charge is 0.341 e. The van der Waals surface area contributed by atoms with Gasteiger partial charge in [-0.2, -0.15) is 5.10 Å². The van der Waals surface area contributed by atoms with E-state index in [0.29, 0.717) is 5.92 Å². The lowest BCUT2D eigenvalue weighted by molar-refractivity contribution is -0.134. The van der Waals surface area contributed by atoms with Crippen LogP contribution < -0.4 is 5.73 Å². The van der Waals surface area contributed by atoms with E-state index in [1.807, 2.05) is 40.8 Å². The van der Waals surface area contributed by atoms with E-state index in [-0.39, 0.29) is 5.91 Å². The molecule has 122 valence electrons. The van der Waals surface area contributed by atoms with Gasteiger partial charge in [-0.05, 0) is 31.2 Å². The van der Waals surface area contributed by atoms with Crippen molar-refractivity contribution < 1.29 is 4.79 Å². The molecule has 1 aromatic heterocycles. The number of hydrogen-bond acceptors (Lipinski definition) is 4. The maximum absolute atomic E-state index is 12.7. The molecule has 1 aliphatic heterocycles. The normalized spacial score (nSPS) is 19.6. The van der Waals surface area contributed by atoms with Crippen LogP contribution in [0.3, 0.4) is 0 Å². The van der Waals surface area contributed by atoms with Gasteiger partial charge in [0.2, 0.25) is 5.91 Å². The number of likely N-dealkylation sites (tertiary alicyclic amines) is 1. The van der Waals surface area contributed by atoms with Crippen molar-refractivity contribution in [3.63, 3.8) is 0 Å². The van der Waals surface area contributed by atoms with E-state index in [1.165, 1.54) is 5.56 Å². The van der Waals surface area contributed by atoms with Gasteiger partial charge >= 0.3 is 0 Å². The lowest BCUT2D eigenvalue weighted by Gasteiger charge is -2.34. The molecule has 2 N–H and O–H groups in total. The van der Waals surface area contributed by atoms with Crippen LogP contribution in [-0.2, 0) is 11.3 Å². The van der Waals surface area contributed by atoms with Crippen molar-refractivity contribution >= 4 is 5.91 Å². The second-order valence-electron chi connectivity index (χ2n) is 6.30. The first-order valence-corrected chi connectivity index (χ1v) is 8.07. The third kappa shape index (κ3) is 3.76. The highest BCUT2D eigenvalue weighted by Gasteiger charge is 2.28. The third-order valence-corrected chi connectivity index (χ3v) is 4.45. The summed E-state index contributed by atoms with van der Waals surface area (Å²) >= 11 is 0. The number of aryl methyl sites for hydroxylation is 1. The second-order valence-corrected chi connectivity index (χ2v) is 6.30. The summed E-state index contributed by atoms with van der Waals surface area (Å²) < 4.78 is 1.83. The average Bonchev–Trinajstić information content (AvgIpc) is 3.07. The van der Waals surface area contributed by atoms with Crippen molar-refractivity contribution in [3.05, 3.63) is 48.0 Å². The quantitative estimate of drug-likeness (QED) is 0.928. The summed E-state index contributed by atoms with van der Waals surface area (Å²) in [5.74, 6) is 0.414. The molecule has 1 aliphatic rings. The number of carbonyl (C=O) groups excluding carboxylic acids is 1. The van der Waals surface area contributed by atoms with E-state index in [4.69, 9.17) is 5.73 Å². The number of piperidine rings is 1. The number of aromatic nitrogens is 3. The van der Waals surface area contributed by atoms with Gasteiger partial charge in [0.15, 0.2) is 0 Å². The Hall–Kier alpha value is -2.21. The SMILES string of the molecule is Cc1ccc(C(N)C(=O)N2CCCC(Cn3cncn3)C2)cc1. The summed E-state index contributed by atoms with van der Waals surface area (Å²) in [6.45, 7) is 4.34. The number of benzene rings is 1. The Kier molecular flexibility index (Phi) is 4.71. The fourth-order valence-electron chi connectivity index (χ4n) is 3.12. The number of hydrogen-bond donors (Lipinski definition) is 1. The van der Waals surface area contributed by atoms with Crippen LogP contribution in [0.25, 0.3) is 0 Å². The van der Waals surface area contributed by atoms with Crippen molar-refractivity contribution in [1.82, 2.24) is 19.7 Å². The molecule has 1 aromatic carbocycles. The highest BCUT2D eigenvalue weighted by Crippen LogP contribution is 2.22. The number of amides is 1. The van der Waals surface area contributed by atoms with Crippen molar-refractivity contribution in [2.24, 2.45) is 11.7 Å². The summed E-state index contributed by atoms with van der Waals surface area (Å²) in [4.78, 5) is 18.6. The maximum Gasteiger partial charge on any atom is 0.244 e. The van der Waals surface area contributed by atoms with Crippen LogP contribution >= 0.6 is 0 Å². The summed E-state index contributed by atoms with van der Waals surface area (Å²) in [5, 5.41) is 4.15. The lowest BCUT2D eigenvalue weighted by Crippen LogP contribution is -2.45. The zero-order valence-corrected chi connectivity index (χ0v) is 13.4. The van der Waals surface area contributed by atoms with Gasteiger partial charge in [0.05, 0.1) is 0 Å². The minimum absolute atomic E-state index is 0.0112. The van der Waals surface area contributed by atoms with E-state index < -0.39 is 6.04 Å². The van der Waals surface area contributed by atoms with Gasteiger partial charge in [0, 0.05) is 19.6 Å². The number of nitrogens with two attached hydrogens (primary N) is 1. The summed E-state index contributed by atoms with van der Waals surface area (Å²) in [7, 11) is 0. The van der Waals surface area contributed by atoms with Crippen LogP contribution in [0.2, 0.25) is 0 Å². The minimum Gasteiger partial charge on any atom is -0.341 e. The van der Waals surface area contributed by atoms with Gasteiger partial charge < -0.3 is 10.6 Å². The molecule has 0 saturated carbocycles. The molecule has 2 heterocycles. The molecule has 23 heavy (non-hydrogen) atoms. The Balaban J connectivity index is 1.63. The van der Waals surface area contributed by atoms with E-state index in [2.05, 4.69) is 10.1 Å².